The van der Waals surface area contributed by atoms with Crippen LogP contribution in [-0.2, 0) is 4.79 Å². The Morgan fingerprint density at radius 3 is 2.59 bits per heavy atom. The van der Waals surface area contributed by atoms with E-state index in [1.165, 1.54) is 12.1 Å². The van der Waals surface area contributed by atoms with Gasteiger partial charge in [-0.25, -0.2) is 4.79 Å². The Morgan fingerprint density at radius 2 is 2.12 bits per heavy atom. The highest BCUT2D eigenvalue weighted by Crippen LogP contribution is 2.20. The first-order valence-electron chi connectivity index (χ1n) is 4.98. The number of carbonyl (C=O) groups is 2. The molecule has 0 heterocycles. The molecule has 1 atom stereocenters. The van der Waals surface area contributed by atoms with Crippen LogP contribution in [-0.4, -0.2) is 28.1 Å². The normalized spacial score (nSPS) is 11.9. The van der Waals surface area contributed by atoms with Crippen LogP contribution < -0.4 is 5.32 Å². The lowest BCUT2D eigenvalue weighted by Crippen LogP contribution is -2.40. The highest BCUT2D eigenvalue weighted by molar-refractivity contribution is 14.1. The molecule has 6 heteroatoms. The number of carboxylic acid groups (broad SMARTS) is 1. The van der Waals surface area contributed by atoms with E-state index in [-0.39, 0.29) is 11.3 Å². The highest BCUT2D eigenvalue weighted by Gasteiger charge is 2.18. The average Bonchev–Trinajstić information content (AvgIpc) is 2.28. The van der Waals surface area contributed by atoms with Crippen molar-refractivity contribution in [1.82, 2.24) is 5.32 Å². The van der Waals surface area contributed by atoms with Crippen molar-refractivity contribution in [3.05, 3.63) is 27.3 Å². The molecule has 1 aromatic rings. The van der Waals surface area contributed by atoms with Gasteiger partial charge in [0.1, 0.15) is 11.8 Å². The molecule has 92 valence electrons. The van der Waals surface area contributed by atoms with Crippen molar-refractivity contribution in [3.63, 3.8) is 0 Å². The number of nitrogens with one attached hydrogen (secondary N) is 1. The summed E-state index contributed by atoms with van der Waals surface area (Å²) >= 11 is 1.93. The standard InChI is InChI=1S/C11H12INO4/c1-2-8(11(16)17)13-10(15)6-3-4-7(12)9(14)5-6/h3-5,8,14H,2H2,1H3,(H,13,15)(H,16,17)/t8-/m1/s1. The second-order valence-electron chi connectivity index (χ2n) is 3.44. The van der Waals surface area contributed by atoms with E-state index in [0.29, 0.717) is 9.99 Å². The number of aromatic hydroxyl groups is 1. The molecule has 1 amide bonds. The first-order chi connectivity index (χ1) is 7.95. The first kappa shape index (κ1) is 13.8. The van der Waals surface area contributed by atoms with Crippen LogP contribution in [0.25, 0.3) is 0 Å². The van der Waals surface area contributed by atoms with Crippen molar-refractivity contribution in [2.24, 2.45) is 0 Å². The summed E-state index contributed by atoms with van der Waals surface area (Å²) in [5.74, 6) is -1.58. The van der Waals surface area contributed by atoms with Gasteiger partial charge in [-0.1, -0.05) is 6.92 Å². The van der Waals surface area contributed by atoms with Crippen LogP contribution in [0, 0.1) is 3.57 Å². The number of hydrogen-bond acceptors (Lipinski definition) is 3. The molecule has 0 aliphatic carbocycles. The molecule has 0 unspecified atom stereocenters. The molecule has 1 rings (SSSR count). The van der Waals surface area contributed by atoms with Gasteiger partial charge in [0.15, 0.2) is 0 Å². The molecule has 0 saturated carbocycles. The van der Waals surface area contributed by atoms with E-state index >= 15 is 0 Å². The Balaban J connectivity index is 2.82. The van der Waals surface area contributed by atoms with Crippen molar-refractivity contribution in [3.8, 4) is 5.75 Å². The second kappa shape index (κ2) is 5.85. The number of hydrogen-bond donors (Lipinski definition) is 3. The molecule has 0 fully saturated rings. The molecule has 5 nitrogen and oxygen atoms in total. The largest absolute Gasteiger partial charge is 0.507 e. The third kappa shape index (κ3) is 3.58. The number of benzene rings is 1. The number of halogens is 1. The van der Waals surface area contributed by atoms with E-state index in [1.807, 2.05) is 22.6 Å². The van der Waals surface area contributed by atoms with Crippen LogP contribution in [0.1, 0.15) is 23.7 Å². The summed E-state index contributed by atoms with van der Waals surface area (Å²) in [5.41, 5.74) is 0.239. The molecular weight excluding hydrogens is 337 g/mol. The number of carbonyl (C=O) groups excluding carboxylic acids is 1. The number of amides is 1. The minimum absolute atomic E-state index is 0.00150. The third-order valence-electron chi connectivity index (χ3n) is 2.22. The Hall–Kier alpha value is -1.31. The maximum absolute atomic E-state index is 11.7. The Kier molecular flexibility index (Phi) is 4.73. The van der Waals surface area contributed by atoms with Crippen molar-refractivity contribution in [1.29, 1.82) is 0 Å². The smallest absolute Gasteiger partial charge is 0.326 e. The topological polar surface area (TPSA) is 86.6 Å². The number of rotatable bonds is 4. The van der Waals surface area contributed by atoms with Gasteiger partial charge < -0.3 is 15.5 Å². The number of phenols is 1. The van der Waals surface area contributed by atoms with Crippen molar-refractivity contribution >= 4 is 34.5 Å². The van der Waals surface area contributed by atoms with Gasteiger partial charge in [0.25, 0.3) is 5.91 Å². The van der Waals surface area contributed by atoms with Gasteiger partial charge in [-0.3, -0.25) is 4.79 Å². The van der Waals surface area contributed by atoms with Crippen molar-refractivity contribution in [2.75, 3.05) is 0 Å². The van der Waals surface area contributed by atoms with Gasteiger partial charge in [-0.05, 0) is 47.2 Å². The number of phenolic OH excluding ortho intramolecular Hbond substituents is 1. The van der Waals surface area contributed by atoms with E-state index in [2.05, 4.69) is 5.32 Å². The molecule has 0 aliphatic rings. The maximum Gasteiger partial charge on any atom is 0.326 e. The van der Waals surface area contributed by atoms with Gasteiger partial charge in [0.05, 0.1) is 3.57 Å². The van der Waals surface area contributed by atoms with E-state index in [4.69, 9.17) is 5.11 Å². The molecule has 0 radical (unpaired) electrons. The zero-order valence-electron chi connectivity index (χ0n) is 9.11. The Bertz CT molecular complexity index is 447. The van der Waals surface area contributed by atoms with E-state index < -0.39 is 17.9 Å². The molecule has 0 aliphatic heterocycles. The Morgan fingerprint density at radius 1 is 1.47 bits per heavy atom. The van der Waals surface area contributed by atoms with Crippen LogP contribution in [0.3, 0.4) is 0 Å². The van der Waals surface area contributed by atoms with E-state index in [0.717, 1.165) is 0 Å². The first-order valence-corrected chi connectivity index (χ1v) is 6.05. The van der Waals surface area contributed by atoms with Gasteiger partial charge in [0, 0.05) is 5.56 Å². The van der Waals surface area contributed by atoms with Crippen LogP contribution in [0.4, 0.5) is 0 Å². The highest BCUT2D eigenvalue weighted by atomic mass is 127. The molecule has 0 bridgehead atoms. The molecule has 3 N–H and O–H groups in total. The van der Waals surface area contributed by atoms with Gasteiger partial charge in [0.2, 0.25) is 0 Å². The zero-order valence-corrected chi connectivity index (χ0v) is 11.3. The fourth-order valence-corrected chi connectivity index (χ4v) is 1.57. The lowest BCUT2D eigenvalue weighted by Gasteiger charge is -2.12. The molecule has 0 aromatic heterocycles. The van der Waals surface area contributed by atoms with Crippen LogP contribution >= 0.6 is 22.6 Å². The third-order valence-corrected chi connectivity index (χ3v) is 3.13. The molecule has 0 saturated heterocycles. The minimum Gasteiger partial charge on any atom is -0.507 e. The molecule has 1 aromatic carbocycles. The van der Waals surface area contributed by atoms with Crippen LogP contribution in [0.2, 0.25) is 0 Å². The van der Waals surface area contributed by atoms with Crippen molar-refractivity contribution < 1.29 is 19.8 Å². The lowest BCUT2D eigenvalue weighted by molar-refractivity contribution is -0.139. The summed E-state index contributed by atoms with van der Waals surface area (Å²) < 4.78 is 0.629. The predicted octanol–water partition coefficient (Wildman–Crippen LogP) is 1.59. The fourth-order valence-electron chi connectivity index (χ4n) is 1.23. The summed E-state index contributed by atoms with van der Waals surface area (Å²) in [6.45, 7) is 1.67. The summed E-state index contributed by atoms with van der Waals surface area (Å²) in [6, 6.07) is 3.52. The summed E-state index contributed by atoms with van der Waals surface area (Å²) in [4.78, 5) is 22.4. The van der Waals surface area contributed by atoms with Gasteiger partial charge >= 0.3 is 5.97 Å². The van der Waals surface area contributed by atoms with Crippen molar-refractivity contribution in [2.45, 2.75) is 19.4 Å². The average molecular weight is 349 g/mol. The summed E-state index contributed by atoms with van der Waals surface area (Å²) in [6.07, 6.45) is 0.303. The fraction of sp³-hybridized carbons (Fsp3) is 0.273. The molecule has 0 spiro atoms. The van der Waals surface area contributed by atoms with E-state index in [9.17, 15) is 14.7 Å². The Labute approximate surface area is 112 Å². The second-order valence-corrected chi connectivity index (χ2v) is 4.60. The van der Waals surface area contributed by atoms with Gasteiger partial charge in [-0.15, -0.1) is 0 Å². The molecule has 17 heavy (non-hydrogen) atoms. The summed E-state index contributed by atoms with van der Waals surface area (Å²) in [7, 11) is 0. The minimum atomic E-state index is -1.07. The monoisotopic (exact) mass is 349 g/mol. The predicted molar refractivity (Wildman–Crippen MR) is 70.0 cm³/mol. The summed E-state index contributed by atoms with van der Waals surface area (Å²) in [5, 5.41) is 20.6. The van der Waals surface area contributed by atoms with E-state index in [1.54, 1.807) is 13.0 Å². The molecular formula is C11H12INO4. The van der Waals surface area contributed by atoms with Gasteiger partial charge in [-0.2, -0.15) is 0 Å². The quantitative estimate of drug-likeness (QED) is 0.721. The SMILES string of the molecule is CC[C@@H](NC(=O)c1ccc(I)c(O)c1)C(=O)O. The zero-order chi connectivity index (χ0) is 13.0. The number of carboxylic acids is 1. The van der Waals surface area contributed by atoms with Crippen LogP contribution in [0.5, 0.6) is 5.75 Å². The lowest BCUT2D eigenvalue weighted by atomic mass is 10.1. The maximum atomic E-state index is 11.7. The van der Waals surface area contributed by atoms with Crippen LogP contribution in [0.15, 0.2) is 18.2 Å². The number of aliphatic carboxylic acids is 1.